The molecule has 0 bridgehead atoms. The lowest BCUT2D eigenvalue weighted by atomic mass is 10.0. The van der Waals surface area contributed by atoms with Crippen LogP contribution in [-0.2, 0) is 14.1 Å². The van der Waals surface area contributed by atoms with Crippen molar-refractivity contribution < 1.29 is 0 Å². The van der Waals surface area contributed by atoms with Crippen LogP contribution in [0, 0.1) is 0 Å². The highest BCUT2D eigenvalue weighted by Gasteiger charge is 2.20. The van der Waals surface area contributed by atoms with Crippen LogP contribution in [0.15, 0.2) is 36.9 Å². The summed E-state index contributed by atoms with van der Waals surface area (Å²) in [7, 11) is 3.93. The molecule has 0 aromatic carbocycles. The van der Waals surface area contributed by atoms with Crippen molar-refractivity contribution in [2.45, 2.75) is 13.0 Å². The molecule has 10 nitrogen and oxygen atoms in total. The molecule has 5 aromatic heterocycles. The number of nitrogen functional groups attached to an aromatic ring is 1. The fraction of sp³-hybridized carbons (Fsp3) is 0.211. The lowest BCUT2D eigenvalue weighted by Crippen LogP contribution is -2.13. The standard InChI is InChI=1S/C19H20N10/c1-10(24-18-16-17(22-9-21-16)26-19(20)27-18)15-11(13-4-6-23-29(13)3)8-14-12(25-15)5-7-28(14)2/h4-10H,1-3H3,(H4,20,21,22,24,26,27)/t10-/m0/s1. The van der Waals surface area contributed by atoms with Gasteiger partial charge < -0.3 is 20.6 Å². The third kappa shape index (κ3) is 2.76. The molecule has 5 heterocycles. The van der Waals surface area contributed by atoms with Crippen LogP contribution in [0.4, 0.5) is 11.8 Å². The topological polar surface area (TPSA) is 128 Å². The summed E-state index contributed by atoms with van der Waals surface area (Å²) >= 11 is 0. The number of rotatable bonds is 4. The summed E-state index contributed by atoms with van der Waals surface area (Å²) in [6.45, 7) is 2.04. The molecule has 0 amide bonds. The Kier molecular flexibility index (Phi) is 3.73. The van der Waals surface area contributed by atoms with Crippen molar-refractivity contribution in [1.29, 1.82) is 0 Å². The van der Waals surface area contributed by atoms with Crippen molar-refractivity contribution >= 4 is 34.0 Å². The van der Waals surface area contributed by atoms with E-state index >= 15 is 0 Å². The minimum Gasteiger partial charge on any atom is -0.368 e. The Labute approximate surface area is 165 Å². The molecule has 29 heavy (non-hydrogen) atoms. The van der Waals surface area contributed by atoms with Crippen LogP contribution >= 0.6 is 0 Å². The van der Waals surface area contributed by atoms with Crippen molar-refractivity contribution in [3.63, 3.8) is 0 Å². The van der Waals surface area contributed by atoms with E-state index in [1.54, 1.807) is 12.5 Å². The average molecular weight is 388 g/mol. The summed E-state index contributed by atoms with van der Waals surface area (Å²) in [4.78, 5) is 20.7. The molecule has 0 aliphatic heterocycles. The molecular weight excluding hydrogens is 368 g/mol. The Morgan fingerprint density at radius 3 is 2.83 bits per heavy atom. The molecule has 0 aliphatic carbocycles. The molecule has 10 heteroatoms. The molecule has 146 valence electrons. The van der Waals surface area contributed by atoms with E-state index in [9.17, 15) is 0 Å². The highest BCUT2D eigenvalue weighted by atomic mass is 15.3. The lowest BCUT2D eigenvalue weighted by Gasteiger charge is -2.19. The first-order valence-corrected chi connectivity index (χ1v) is 9.18. The molecule has 0 unspecified atom stereocenters. The minimum absolute atomic E-state index is 0.162. The van der Waals surface area contributed by atoms with Gasteiger partial charge in [0.15, 0.2) is 11.5 Å². The largest absolute Gasteiger partial charge is 0.368 e. The van der Waals surface area contributed by atoms with Gasteiger partial charge in [-0.25, -0.2) is 9.97 Å². The van der Waals surface area contributed by atoms with Gasteiger partial charge in [0.25, 0.3) is 0 Å². The number of anilines is 2. The quantitative estimate of drug-likeness (QED) is 0.431. The van der Waals surface area contributed by atoms with Gasteiger partial charge in [-0.05, 0) is 25.1 Å². The average Bonchev–Trinajstić information content (AvgIpc) is 3.41. The SMILES string of the molecule is C[C@H](Nc1nc(N)nc2nc[nH]c12)c1nc2ccn(C)c2cc1-c1ccnn1C. The van der Waals surface area contributed by atoms with Crippen LogP contribution in [0.25, 0.3) is 33.5 Å². The summed E-state index contributed by atoms with van der Waals surface area (Å²) in [5, 5.41) is 7.74. The normalized spacial score (nSPS) is 12.7. The fourth-order valence-corrected chi connectivity index (χ4v) is 3.60. The van der Waals surface area contributed by atoms with E-state index in [0.29, 0.717) is 17.0 Å². The highest BCUT2D eigenvalue weighted by Crippen LogP contribution is 2.32. The number of nitrogens with one attached hydrogen (secondary N) is 2. The van der Waals surface area contributed by atoms with Gasteiger partial charge in [0, 0.05) is 32.1 Å². The number of nitrogens with zero attached hydrogens (tertiary/aromatic N) is 7. The fourth-order valence-electron chi connectivity index (χ4n) is 3.60. The number of hydrogen-bond donors (Lipinski definition) is 3. The maximum atomic E-state index is 5.86. The van der Waals surface area contributed by atoms with Crippen molar-refractivity contribution in [3.05, 3.63) is 42.6 Å². The van der Waals surface area contributed by atoms with Crippen molar-refractivity contribution in [2.75, 3.05) is 11.1 Å². The summed E-state index contributed by atoms with van der Waals surface area (Å²) < 4.78 is 3.90. The van der Waals surface area contributed by atoms with Gasteiger partial charge in [-0.15, -0.1) is 0 Å². The molecule has 0 spiro atoms. The Morgan fingerprint density at radius 1 is 1.17 bits per heavy atom. The second-order valence-electron chi connectivity index (χ2n) is 6.99. The molecule has 4 N–H and O–H groups in total. The molecule has 5 aromatic rings. The second kappa shape index (κ2) is 6.30. The Balaban J connectivity index is 1.65. The molecule has 0 saturated heterocycles. The minimum atomic E-state index is -0.162. The van der Waals surface area contributed by atoms with Crippen LogP contribution in [-0.4, -0.2) is 39.3 Å². The Morgan fingerprint density at radius 2 is 2.03 bits per heavy atom. The number of imidazole rings is 1. The van der Waals surface area contributed by atoms with E-state index in [-0.39, 0.29) is 12.0 Å². The molecule has 1 atom stereocenters. The van der Waals surface area contributed by atoms with Crippen LogP contribution in [0.3, 0.4) is 0 Å². The van der Waals surface area contributed by atoms with E-state index in [0.717, 1.165) is 28.0 Å². The predicted octanol–water partition coefficient (Wildman–Crippen LogP) is 2.40. The summed E-state index contributed by atoms with van der Waals surface area (Å²) in [6.07, 6.45) is 5.36. The van der Waals surface area contributed by atoms with E-state index in [1.807, 2.05) is 44.0 Å². The molecule has 0 fully saturated rings. The Hall–Kier alpha value is -3.95. The lowest BCUT2D eigenvalue weighted by molar-refractivity contribution is 0.769. The zero-order chi connectivity index (χ0) is 20.1. The van der Waals surface area contributed by atoms with Crippen LogP contribution in [0.2, 0.25) is 0 Å². The molecule has 0 saturated carbocycles. The van der Waals surface area contributed by atoms with Crippen molar-refractivity contribution in [1.82, 2.24) is 39.3 Å². The van der Waals surface area contributed by atoms with Gasteiger partial charge in [0.1, 0.15) is 5.52 Å². The monoisotopic (exact) mass is 388 g/mol. The zero-order valence-corrected chi connectivity index (χ0v) is 16.2. The summed E-state index contributed by atoms with van der Waals surface area (Å²) in [6, 6.07) is 5.98. The number of pyridine rings is 1. The zero-order valence-electron chi connectivity index (χ0n) is 16.2. The van der Waals surface area contributed by atoms with Gasteiger partial charge in [-0.3, -0.25) is 4.68 Å². The third-order valence-electron chi connectivity index (χ3n) is 5.06. The first-order chi connectivity index (χ1) is 14.0. The molecule has 5 rings (SSSR count). The van der Waals surface area contributed by atoms with E-state index < -0.39 is 0 Å². The number of aryl methyl sites for hydroxylation is 2. The van der Waals surface area contributed by atoms with Crippen molar-refractivity contribution in [3.8, 4) is 11.3 Å². The number of aromatic amines is 1. The van der Waals surface area contributed by atoms with Crippen LogP contribution in [0.1, 0.15) is 18.7 Å². The first-order valence-electron chi connectivity index (χ1n) is 9.18. The van der Waals surface area contributed by atoms with Gasteiger partial charge in [0.05, 0.1) is 34.8 Å². The molecule has 0 aliphatic rings. The molecular formula is C19H20N10. The summed E-state index contributed by atoms with van der Waals surface area (Å²) in [5.41, 5.74) is 11.9. The second-order valence-corrected chi connectivity index (χ2v) is 6.99. The predicted molar refractivity (Wildman–Crippen MR) is 111 cm³/mol. The van der Waals surface area contributed by atoms with E-state index in [2.05, 4.69) is 41.0 Å². The molecule has 0 radical (unpaired) electrons. The van der Waals surface area contributed by atoms with Crippen LogP contribution in [0.5, 0.6) is 0 Å². The van der Waals surface area contributed by atoms with Gasteiger partial charge >= 0.3 is 0 Å². The van der Waals surface area contributed by atoms with Gasteiger partial charge in [0.2, 0.25) is 5.95 Å². The summed E-state index contributed by atoms with van der Waals surface area (Å²) in [5.74, 6) is 0.751. The van der Waals surface area contributed by atoms with Crippen LogP contribution < -0.4 is 11.1 Å². The van der Waals surface area contributed by atoms with E-state index in [1.165, 1.54) is 0 Å². The maximum absolute atomic E-state index is 5.86. The third-order valence-corrected chi connectivity index (χ3v) is 5.06. The van der Waals surface area contributed by atoms with Crippen molar-refractivity contribution in [2.24, 2.45) is 14.1 Å². The number of fused-ring (bicyclic) bond motifs is 2. The van der Waals surface area contributed by atoms with Gasteiger partial charge in [-0.2, -0.15) is 15.1 Å². The number of H-pyrrole nitrogens is 1. The number of hydrogen-bond acceptors (Lipinski definition) is 7. The highest BCUT2D eigenvalue weighted by molar-refractivity contribution is 5.85. The Bertz CT molecular complexity index is 1340. The number of nitrogens with two attached hydrogens (primary N) is 1. The van der Waals surface area contributed by atoms with E-state index in [4.69, 9.17) is 10.7 Å². The first kappa shape index (κ1) is 17.2. The smallest absolute Gasteiger partial charge is 0.224 e. The van der Waals surface area contributed by atoms with Gasteiger partial charge in [-0.1, -0.05) is 0 Å². The maximum Gasteiger partial charge on any atom is 0.224 e. The number of aromatic nitrogens is 8.